The predicted molar refractivity (Wildman–Crippen MR) is 48.0 cm³/mol. The summed E-state index contributed by atoms with van der Waals surface area (Å²) >= 11 is 0. The molecule has 0 saturated carbocycles. The first-order valence-electron chi connectivity index (χ1n) is 4.65. The topological polar surface area (TPSA) is 56.7 Å². The van der Waals surface area contributed by atoms with Gasteiger partial charge in [0.15, 0.2) is 0 Å². The highest BCUT2D eigenvalue weighted by Crippen LogP contribution is 2.20. The van der Waals surface area contributed by atoms with E-state index in [1.807, 2.05) is 6.92 Å². The maximum absolute atomic E-state index is 12.2. The van der Waals surface area contributed by atoms with E-state index in [0.29, 0.717) is 12.4 Å². The summed E-state index contributed by atoms with van der Waals surface area (Å²) in [6.07, 6.45) is -4.60. The van der Waals surface area contributed by atoms with Crippen molar-refractivity contribution in [3.8, 4) is 0 Å². The molecule has 1 aromatic rings. The van der Waals surface area contributed by atoms with E-state index in [4.69, 9.17) is 5.73 Å². The van der Waals surface area contributed by atoms with Gasteiger partial charge in [0.25, 0.3) is 0 Å². The Hall–Kier alpha value is -1.11. The van der Waals surface area contributed by atoms with E-state index in [-0.39, 0.29) is 12.4 Å². The van der Waals surface area contributed by atoms with Gasteiger partial charge in [0, 0.05) is 6.54 Å². The molecule has 0 saturated heterocycles. The van der Waals surface area contributed by atoms with Gasteiger partial charge in [-0.2, -0.15) is 13.2 Å². The Balaban J connectivity index is 2.91. The number of alkyl halides is 3. The summed E-state index contributed by atoms with van der Waals surface area (Å²) in [4.78, 5) is 0. The molecule has 0 radical (unpaired) electrons. The molecule has 15 heavy (non-hydrogen) atoms. The fourth-order valence-corrected chi connectivity index (χ4v) is 1.32. The first-order chi connectivity index (χ1) is 6.98. The van der Waals surface area contributed by atoms with E-state index in [9.17, 15) is 13.2 Å². The fourth-order valence-electron chi connectivity index (χ4n) is 1.32. The van der Waals surface area contributed by atoms with Crippen LogP contribution in [-0.4, -0.2) is 20.9 Å². The van der Waals surface area contributed by atoms with Crippen LogP contribution in [0, 0.1) is 0 Å². The Bertz CT molecular complexity index is 318. The second kappa shape index (κ2) is 4.61. The molecular weight excluding hydrogens is 209 g/mol. The fraction of sp³-hybridized carbons (Fsp3) is 0.750. The van der Waals surface area contributed by atoms with Crippen molar-refractivity contribution in [1.29, 1.82) is 0 Å². The van der Waals surface area contributed by atoms with E-state index in [1.54, 1.807) is 0 Å². The molecule has 0 aliphatic heterocycles. The zero-order valence-corrected chi connectivity index (χ0v) is 8.38. The Morgan fingerprint density at radius 3 is 2.33 bits per heavy atom. The zero-order chi connectivity index (χ0) is 11.5. The van der Waals surface area contributed by atoms with Crippen molar-refractivity contribution < 1.29 is 13.2 Å². The molecule has 2 N–H and O–H groups in total. The van der Waals surface area contributed by atoms with Gasteiger partial charge in [-0.25, -0.2) is 0 Å². The Morgan fingerprint density at radius 2 is 1.87 bits per heavy atom. The van der Waals surface area contributed by atoms with Crippen LogP contribution in [-0.2, 0) is 19.5 Å². The monoisotopic (exact) mass is 222 g/mol. The molecule has 1 rings (SSSR count). The van der Waals surface area contributed by atoms with E-state index >= 15 is 0 Å². The summed E-state index contributed by atoms with van der Waals surface area (Å²) in [6.45, 7) is 2.44. The van der Waals surface area contributed by atoms with Gasteiger partial charge in [-0.3, -0.25) is 0 Å². The van der Waals surface area contributed by atoms with Crippen LogP contribution >= 0.6 is 0 Å². The number of hydrogen-bond acceptors (Lipinski definition) is 3. The van der Waals surface area contributed by atoms with Crippen LogP contribution in [0.5, 0.6) is 0 Å². The third kappa shape index (κ3) is 3.19. The number of rotatable bonds is 4. The lowest BCUT2D eigenvalue weighted by atomic mass is 10.3. The number of aromatic nitrogens is 3. The summed E-state index contributed by atoms with van der Waals surface area (Å²) in [5.41, 5.74) is 5.35. The molecule has 0 atom stereocenters. The number of nitrogens with two attached hydrogens (primary N) is 1. The van der Waals surface area contributed by atoms with Crippen LogP contribution in [0.25, 0.3) is 0 Å². The minimum absolute atomic E-state index is 0.0650. The number of halogens is 3. The standard InChI is InChI=1S/C8H13F3N4/c1-2-3-15-6(4-8(9,10)11)13-14-7(15)5-12/h2-5,12H2,1H3. The van der Waals surface area contributed by atoms with Crippen molar-refractivity contribution in [3.63, 3.8) is 0 Å². The van der Waals surface area contributed by atoms with Crippen molar-refractivity contribution in [2.75, 3.05) is 0 Å². The van der Waals surface area contributed by atoms with Gasteiger partial charge < -0.3 is 10.3 Å². The molecular formula is C8H13F3N4. The summed E-state index contributed by atoms with van der Waals surface area (Å²) in [5, 5.41) is 7.13. The summed E-state index contributed by atoms with van der Waals surface area (Å²) < 4.78 is 37.9. The van der Waals surface area contributed by atoms with Crippen molar-refractivity contribution in [3.05, 3.63) is 11.6 Å². The normalized spacial score (nSPS) is 12.1. The maximum atomic E-state index is 12.2. The van der Waals surface area contributed by atoms with Gasteiger partial charge in [0.1, 0.15) is 18.1 Å². The zero-order valence-electron chi connectivity index (χ0n) is 8.38. The van der Waals surface area contributed by atoms with Crippen LogP contribution in [0.3, 0.4) is 0 Å². The molecule has 0 bridgehead atoms. The summed E-state index contributed by atoms with van der Waals surface area (Å²) in [7, 11) is 0. The number of nitrogens with zero attached hydrogens (tertiary/aromatic N) is 3. The van der Waals surface area contributed by atoms with Gasteiger partial charge >= 0.3 is 6.18 Å². The van der Waals surface area contributed by atoms with E-state index < -0.39 is 12.6 Å². The average molecular weight is 222 g/mol. The van der Waals surface area contributed by atoms with Crippen molar-refractivity contribution in [2.45, 2.75) is 39.0 Å². The first kappa shape index (κ1) is 12.0. The average Bonchev–Trinajstić information content (AvgIpc) is 2.47. The summed E-state index contributed by atoms with van der Waals surface area (Å²) in [5.74, 6) is 0.334. The Morgan fingerprint density at radius 1 is 1.27 bits per heavy atom. The van der Waals surface area contributed by atoms with Crippen LogP contribution < -0.4 is 5.73 Å². The van der Waals surface area contributed by atoms with Crippen LogP contribution in [0.4, 0.5) is 13.2 Å². The van der Waals surface area contributed by atoms with Crippen molar-refractivity contribution in [1.82, 2.24) is 14.8 Å². The highest BCUT2D eigenvalue weighted by atomic mass is 19.4. The first-order valence-corrected chi connectivity index (χ1v) is 4.65. The SMILES string of the molecule is CCCn1c(CN)nnc1CC(F)(F)F. The molecule has 0 amide bonds. The van der Waals surface area contributed by atoms with Gasteiger partial charge in [0.05, 0.1) is 6.54 Å². The lowest BCUT2D eigenvalue weighted by Crippen LogP contribution is -2.18. The molecule has 4 nitrogen and oxygen atoms in total. The molecule has 0 aliphatic rings. The summed E-state index contributed by atoms with van der Waals surface area (Å²) in [6, 6.07) is 0. The van der Waals surface area contributed by atoms with Crippen molar-refractivity contribution >= 4 is 0 Å². The largest absolute Gasteiger partial charge is 0.396 e. The molecule has 0 unspecified atom stereocenters. The molecule has 0 fully saturated rings. The molecule has 1 heterocycles. The number of hydrogen-bond donors (Lipinski definition) is 1. The van der Waals surface area contributed by atoms with E-state index in [2.05, 4.69) is 10.2 Å². The van der Waals surface area contributed by atoms with Gasteiger partial charge in [-0.15, -0.1) is 10.2 Å². The molecule has 1 aromatic heterocycles. The third-order valence-electron chi connectivity index (χ3n) is 1.89. The highest BCUT2D eigenvalue weighted by Gasteiger charge is 2.31. The quantitative estimate of drug-likeness (QED) is 0.834. The van der Waals surface area contributed by atoms with Gasteiger partial charge in [-0.05, 0) is 6.42 Å². The third-order valence-corrected chi connectivity index (χ3v) is 1.89. The maximum Gasteiger partial charge on any atom is 0.396 e. The van der Waals surface area contributed by atoms with Gasteiger partial charge in [-0.1, -0.05) is 6.92 Å². The van der Waals surface area contributed by atoms with E-state index in [1.165, 1.54) is 4.57 Å². The van der Waals surface area contributed by atoms with Crippen LogP contribution in [0.2, 0.25) is 0 Å². The lowest BCUT2D eigenvalue weighted by molar-refractivity contribution is -0.129. The van der Waals surface area contributed by atoms with Gasteiger partial charge in [0.2, 0.25) is 0 Å². The molecule has 0 spiro atoms. The Kier molecular flexibility index (Phi) is 3.67. The second-order valence-electron chi connectivity index (χ2n) is 3.18. The molecule has 0 aromatic carbocycles. The smallest absolute Gasteiger partial charge is 0.324 e. The Labute approximate surface area is 85.3 Å². The highest BCUT2D eigenvalue weighted by molar-refractivity contribution is 4.97. The van der Waals surface area contributed by atoms with E-state index in [0.717, 1.165) is 6.42 Å². The minimum atomic E-state index is -4.26. The molecule has 7 heteroatoms. The molecule has 0 aliphatic carbocycles. The minimum Gasteiger partial charge on any atom is -0.324 e. The van der Waals surface area contributed by atoms with Crippen molar-refractivity contribution in [2.24, 2.45) is 5.73 Å². The van der Waals surface area contributed by atoms with Crippen LogP contribution in [0.1, 0.15) is 25.0 Å². The predicted octanol–water partition coefficient (Wildman–Crippen LogP) is 1.25. The van der Waals surface area contributed by atoms with Crippen LogP contribution in [0.15, 0.2) is 0 Å². The second-order valence-corrected chi connectivity index (χ2v) is 3.18. The molecule has 86 valence electrons. The lowest BCUT2D eigenvalue weighted by Gasteiger charge is -2.09.